The number of nitrogens with zero attached hydrogens (tertiary/aromatic N) is 1. The van der Waals surface area contributed by atoms with Crippen LogP contribution in [0.3, 0.4) is 0 Å². The van der Waals surface area contributed by atoms with Crippen LogP contribution in [0.5, 0.6) is 5.75 Å². The SMILES string of the molecule is [C-]#[N+]C1=CC2(COc3ccccc32)CC(C)(C)C1=O. The summed E-state index contributed by atoms with van der Waals surface area (Å²) in [6.07, 6.45) is 2.51. The van der Waals surface area contributed by atoms with Crippen LogP contribution in [0.4, 0.5) is 0 Å². The Morgan fingerprint density at radius 3 is 2.79 bits per heavy atom. The first kappa shape index (κ1) is 12.0. The normalized spacial score (nSPS) is 27.4. The molecule has 3 heteroatoms. The van der Waals surface area contributed by atoms with Gasteiger partial charge in [0.15, 0.2) is 5.78 Å². The van der Waals surface area contributed by atoms with Crippen LogP contribution in [0, 0.1) is 12.0 Å². The molecule has 0 N–H and O–H groups in total. The minimum Gasteiger partial charge on any atom is -0.492 e. The van der Waals surface area contributed by atoms with E-state index in [4.69, 9.17) is 11.3 Å². The fraction of sp³-hybridized carbons (Fsp3) is 0.375. The van der Waals surface area contributed by atoms with Gasteiger partial charge in [0, 0.05) is 16.4 Å². The van der Waals surface area contributed by atoms with Gasteiger partial charge in [-0.05, 0) is 12.5 Å². The Hall–Kier alpha value is -2.08. The molecule has 2 aliphatic rings. The van der Waals surface area contributed by atoms with Gasteiger partial charge in [-0.2, -0.15) is 0 Å². The first-order chi connectivity index (χ1) is 8.98. The van der Waals surface area contributed by atoms with Gasteiger partial charge >= 0.3 is 0 Å². The van der Waals surface area contributed by atoms with Crippen molar-refractivity contribution in [3.63, 3.8) is 0 Å². The molecule has 1 spiro atoms. The van der Waals surface area contributed by atoms with Crippen molar-refractivity contribution in [3.8, 4) is 5.75 Å². The molecule has 3 rings (SSSR count). The monoisotopic (exact) mass is 253 g/mol. The molecule has 0 fully saturated rings. The second-order valence-corrected chi connectivity index (χ2v) is 5.97. The molecule has 0 amide bonds. The predicted octanol–water partition coefficient (Wildman–Crippen LogP) is 3.12. The number of para-hydroxylation sites is 1. The number of benzene rings is 1. The van der Waals surface area contributed by atoms with Gasteiger partial charge < -0.3 is 9.53 Å². The van der Waals surface area contributed by atoms with Crippen LogP contribution >= 0.6 is 0 Å². The van der Waals surface area contributed by atoms with Crippen LogP contribution in [-0.4, -0.2) is 12.4 Å². The van der Waals surface area contributed by atoms with Crippen molar-refractivity contribution in [2.45, 2.75) is 25.7 Å². The second kappa shape index (κ2) is 3.71. The summed E-state index contributed by atoms with van der Waals surface area (Å²) in [5, 5.41) is 0. The lowest BCUT2D eigenvalue weighted by Crippen LogP contribution is -2.41. The van der Waals surface area contributed by atoms with E-state index in [0.717, 1.165) is 11.3 Å². The molecule has 19 heavy (non-hydrogen) atoms. The fourth-order valence-electron chi connectivity index (χ4n) is 3.23. The van der Waals surface area contributed by atoms with Crippen molar-refractivity contribution in [2.75, 3.05) is 6.61 Å². The zero-order valence-electron chi connectivity index (χ0n) is 11.1. The molecule has 1 unspecified atom stereocenters. The highest BCUT2D eigenvalue weighted by Crippen LogP contribution is 2.50. The molecular weight excluding hydrogens is 238 g/mol. The molecule has 1 aliphatic heterocycles. The Balaban J connectivity index is 2.20. The number of Topliss-reactive ketones (excluding diaryl/α,β-unsaturated/α-hetero) is 1. The van der Waals surface area contributed by atoms with E-state index in [2.05, 4.69) is 4.85 Å². The summed E-state index contributed by atoms with van der Waals surface area (Å²) >= 11 is 0. The summed E-state index contributed by atoms with van der Waals surface area (Å²) < 4.78 is 5.75. The summed E-state index contributed by atoms with van der Waals surface area (Å²) in [5.74, 6) is 0.811. The van der Waals surface area contributed by atoms with Crippen LogP contribution < -0.4 is 4.74 Å². The van der Waals surface area contributed by atoms with Gasteiger partial charge in [0.05, 0.1) is 6.57 Å². The molecule has 0 saturated heterocycles. The lowest BCUT2D eigenvalue weighted by atomic mass is 9.64. The third-order valence-corrected chi connectivity index (χ3v) is 4.05. The minimum absolute atomic E-state index is 0.0579. The molecule has 1 aromatic carbocycles. The quantitative estimate of drug-likeness (QED) is 0.665. The molecule has 3 nitrogen and oxygen atoms in total. The van der Waals surface area contributed by atoms with Gasteiger partial charge in [0.1, 0.15) is 12.4 Å². The number of ketones is 1. The predicted molar refractivity (Wildman–Crippen MR) is 71.7 cm³/mol. The van der Waals surface area contributed by atoms with Crippen molar-refractivity contribution >= 4 is 5.78 Å². The van der Waals surface area contributed by atoms with Crippen molar-refractivity contribution in [2.24, 2.45) is 5.41 Å². The number of hydrogen-bond acceptors (Lipinski definition) is 2. The molecule has 96 valence electrons. The van der Waals surface area contributed by atoms with E-state index in [1.807, 2.05) is 44.2 Å². The zero-order chi connectivity index (χ0) is 13.7. The summed E-state index contributed by atoms with van der Waals surface area (Å²) in [7, 11) is 0. The molecule has 0 aromatic heterocycles. The van der Waals surface area contributed by atoms with E-state index in [-0.39, 0.29) is 16.9 Å². The van der Waals surface area contributed by atoms with Crippen LogP contribution in [0.15, 0.2) is 36.0 Å². The Morgan fingerprint density at radius 2 is 2.05 bits per heavy atom. The molecule has 0 saturated carbocycles. The molecular formula is C16H15NO2. The minimum atomic E-state index is -0.518. The van der Waals surface area contributed by atoms with Gasteiger partial charge in [-0.1, -0.05) is 38.1 Å². The van der Waals surface area contributed by atoms with Gasteiger partial charge in [0.25, 0.3) is 0 Å². The third kappa shape index (κ3) is 1.60. The number of hydrogen-bond donors (Lipinski definition) is 0. The number of carbonyl (C=O) groups is 1. The average Bonchev–Trinajstić information content (AvgIpc) is 2.73. The van der Waals surface area contributed by atoms with Crippen LogP contribution in [0.25, 0.3) is 4.85 Å². The van der Waals surface area contributed by atoms with Crippen molar-refractivity contribution in [3.05, 3.63) is 53.0 Å². The molecule has 1 atom stereocenters. The van der Waals surface area contributed by atoms with E-state index < -0.39 is 5.41 Å². The number of ether oxygens (including phenoxy) is 1. The summed E-state index contributed by atoms with van der Waals surface area (Å²) in [6.45, 7) is 11.6. The smallest absolute Gasteiger partial charge is 0.226 e. The lowest BCUT2D eigenvalue weighted by molar-refractivity contribution is -0.124. The van der Waals surface area contributed by atoms with E-state index >= 15 is 0 Å². The van der Waals surface area contributed by atoms with Gasteiger partial charge in [0.2, 0.25) is 5.70 Å². The number of fused-ring (bicyclic) bond motifs is 2. The van der Waals surface area contributed by atoms with E-state index in [9.17, 15) is 4.79 Å². The Morgan fingerprint density at radius 1 is 1.32 bits per heavy atom. The van der Waals surface area contributed by atoms with Crippen molar-refractivity contribution < 1.29 is 9.53 Å². The molecule has 1 heterocycles. The summed E-state index contributed by atoms with van der Waals surface area (Å²) in [6, 6.07) is 7.89. The van der Waals surface area contributed by atoms with Crippen LogP contribution in [-0.2, 0) is 10.2 Å². The molecule has 1 aromatic rings. The zero-order valence-corrected chi connectivity index (χ0v) is 11.1. The second-order valence-electron chi connectivity index (χ2n) is 5.97. The maximum absolute atomic E-state index is 12.2. The maximum atomic E-state index is 12.2. The van der Waals surface area contributed by atoms with Crippen LogP contribution in [0.1, 0.15) is 25.8 Å². The summed E-state index contributed by atoms with van der Waals surface area (Å²) in [4.78, 5) is 15.6. The van der Waals surface area contributed by atoms with Crippen LogP contribution in [0.2, 0.25) is 0 Å². The largest absolute Gasteiger partial charge is 0.492 e. The molecule has 0 radical (unpaired) electrons. The standard InChI is InChI=1S/C16H15NO2/c1-15(2)9-16(8-12(17-3)14(15)18)10-19-13-7-5-4-6-11(13)16/h4-8H,9-10H2,1-2H3. The van der Waals surface area contributed by atoms with Crippen molar-refractivity contribution in [1.82, 2.24) is 0 Å². The molecule has 0 bridgehead atoms. The topological polar surface area (TPSA) is 30.7 Å². The van der Waals surface area contributed by atoms with E-state index in [0.29, 0.717) is 13.0 Å². The average molecular weight is 253 g/mol. The van der Waals surface area contributed by atoms with Gasteiger partial charge in [-0.3, -0.25) is 0 Å². The van der Waals surface area contributed by atoms with E-state index in [1.54, 1.807) is 0 Å². The first-order valence-corrected chi connectivity index (χ1v) is 6.36. The first-order valence-electron chi connectivity index (χ1n) is 6.36. The Kier molecular flexibility index (Phi) is 2.34. The fourth-order valence-corrected chi connectivity index (χ4v) is 3.23. The highest BCUT2D eigenvalue weighted by Gasteiger charge is 2.49. The number of rotatable bonds is 0. The van der Waals surface area contributed by atoms with Crippen molar-refractivity contribution in [1.29, 1.82) is 0 Å². The van der Waals surface area contributed by atoms with E-state index in [1.165, 1.54) is 0 Å². The highest BCUT2D eigenvalue weighted by atomic mass is 16.5. The highest BCUT2D eigenvalue weighted by molar-refractivity contribution is 6.02. The number of carbonyl (C=O) groups excluding carboxylic acids is 1. The number of allylic oxidation sites excluding steroid dienone is 1. The summed E-state index contributed by atoms with van der Waals surface area (Å²) in [5.41, 5.74) is 0.497. The molecule has 1 aliphatic carbocycles. The third-order valence-electron chi connectivity index (χ3n) is 4.05. The maximum Gasteiger partial charge on any atom is 0.226 e. The van der Waals surface area contributed by atoms with Gasteiger partial charge in [-0.25, -0.2) is 4.85 Å². The Labute approximate surface area is 112 Å². The Bertz CT molecular complexity index is 636. The lowest BCUT2D eigenvalue weighted by Gasteiger charge is -2.38. The van der Waals surface area contributed by atoms with Gasteiger partial charge in [-0.15, -0.1) is 0 Å².